The van der Waals surface area contributed by atoms with Crippen molar-refractivity contribution >= 4 is 11.8 Å². The number of aromatic nitrogens is 2. The van der Waals surface area contributed by atoms with Crippen molar-refractivity contribution in [1.29, 1.82) is 0 Å². The van der Waals surface area contributed by atoms with Gasteiger partial charge in [-0.25, -0.2) is 4.68 Å². The molecule has 0 N–H and O–H groups in total. The van der Waals surface area contributed by atoms with Crippen LogP contribution in [0.4, 0.5) is 0 Å². The average molecular weight is 431 g/mol. The lowest BCUT2D eigenvalue weighted by atomic mass is 10.0. The maximum absolute atomic E-state index is 13.4. The molecule has 0 atom stereocenters. The molecule has 6 nitrogen and oxygen atoms in total. The fourth-order valence-corrected chi connectivity index (χ4v) is 4.13. The largest absolute Gasteiger partial charge is 0.335 e. The summed E-state index contributed by atoms with van der Waals surface area (Å²) < 4.78 is 1.87. The number of carbonyl (C=O) groups excluding carboxylic acids is 2. The molecule has 0 saturated carbocycles. The summed E-state index contributed by atoms with van der Waals surface area (Å²) in [5.41, 5.74) is 5.50. The summed E-state index contributed by atoms with van der Waals surface area (Å²) in [7, 11) is 0. The summed E-state index contributed by atoms with van der Waals surface area (Å²) in [4.78, 5) is 29.8. The van der Waals surface area contributed by atoms with Crippen molar-refractivity contribution in [2.45, 2.75) is 33.6 Å². The van der Waals surface area contributed by atoms with E-state index in [2.05, 4.69) is 18.9 Å². The maximum Gasteiger partial charge on any atom is 0.257 e. The number of piperazine rings is 1. The van der Waals surface area contributed by atoms with Crippen molar-refractivity contribution < 1.29 is 9.59 Å². The van der Waals surface area contributed by atoms with Crippen LogP contribution in [0.1, 0.15) is 57.3 Å². The van der Waals surface area contributed by atoms with Crippen molar-refractivity contribution in [3.05, 3.63) is 82.7 Å². The topological polar surface area (TPSA) is 58.4 Å². The number of amides is 2. The van der Waals surface area contributed by atoms with Gasteiger partial charge < -0.3 is 9.80 Å². The molecule has 3 aromatic rings. The third kappa shape index (κ3) is 4.31. The standard InChI is InChI=1S/C26H30N4O2/c1-18(2)24-23(17-27-30(24)22-11-7-20(4)8-12-22)26(32)29-15-13-28(14-16-29)25(31)21-9-5-19(3)6-10-21/h5-12,17-18H,13-16H2,1-4H3. The van der Waals surface area contributed by atoms with Gasteiger partial charge in [-0.2, -0.15) is 5.10 Å². The molecule has 0 bridgehead atoms. The van der Waals surface area contributed by atoms with Gasteiger partial charge >= 0.3 is 0 Å². The zero-order chi connectivity index (χ0) is 22.8. The molecule has 1 aromatic heterocycles. The van der Waals surface area contributed by atoms with Gasteiger partial charge in [0.15, 0.2) is 0 Å². The van der Waals surface area contributed by atoms with E-state index in [4.69, 9.17) is 0 Å². The lowest BCUT2D eigenvalue weighted by Crippen LogP contribution is -2.50. The predicted octanol–water partition coefficient (Wildman–Crippen LogP) is 4.21. The zero-order valence-electron chi connectivity index (χ0n) is 19.2. The highest BCUT2D eigenvalue weighted by Crippen LogP contribution is 2.25. The van der Waals surface area contributed by atoms with Crippen LogP contribution < -0.4 is 0 Å². The third-order valence-electron chi connectivity index (χ3n) is 6.01. The minimum absolute atomic E-state index is 0.0190. The van der Waals surface area contributed by atoms with Gasteiger partial charge in [0.25, 0.3) is 11.8 Å². The van der Waals surface area contributed by atoms with Crippen LogP contribution in [0.5, 0.6) is 0 Å². The van der Waals surface area contributed by atoms with E-state index in [0.717, 1.165) is 16.9 Å². The van der Waals surface area contributed by atoms with Crippen LogP contribution in [0.3, 0.4) is 0 Å². The molecule has 1 saturated heterocycles. The fourth-order valence-electron chi connectivity index (χ4n) is 4.13. The Morgan fingerprint density at radius 3 is 1.81 bits per heavy atom. The van der Waals surface area contributed by atoms with Crippen LogP contribution in [0, 0.1) is 13.8 Å². The molecular weight excluding hydrogens is 400 g/mol. The van der Waals surface area contributed by atoms with Gasteiger partial charge in [0.1, 0.15) is 0 Å². The van der Waals surface area contributed by atoms with Crippen LogP contribution in [0.2, 0.25) is 0 Å². The zero-order valence-corrected chi connectivity index (χ0v) is 19.2. The number of rotatable bonds is 4. The van der Waals surface area contributed by atoms with Crippen molar-refractivity contribution in [2.24, 2.45) is 0 Å². The normalized spacial score (nSPS) is 14.2. The Kier molecular flexibility index (Phi) is 6.12. The monoisotopic (exact) mass is 430 g/mol. The summed E-state index contributed by atoms with van der Waals surface area (Å²) in [6.07, 6.45) is 1.68. The Balaban J connectivity index is 1.49. The van der Waals surface area contributed by atoms with E-state index >= 15 is 0 Å². The summed E-state index contributed by atoms with van der Waals surface area (Å²) in [5, 5.41) is 4.55. The first-order valence-corrected chi connectivity index (χ1v) is 11.2. The minimum atomic E-state index is -0.0190. The first kappa shape index (κ1) is 21.8. The van der Waals surface area contributed by atoms with Gasteiger partial charge in [-0.1, -0.05) is 49.2 Å². The van der Waals surface area contributed by atoms with E-state index in [-0.39, 0.29) is 17.7 Å². The molecule has 1 aliphatic rings. The fraction of sp³-hybridized carbons (Fsp3) is 0.346. The van der Waals surface area contributed by atoms with Gasteiger partial charge in [0.05, 0.1) is 23.1 Å². The van der Waals surface area contributed by atoms with Crippen molar-refractivity contribution in [3.8, 4) is 5.69 Å². The molecule has 0 unspecified atom stereocenters. The average Bonchev–Trinajstić information content (AvgIpc) is 3.25. The van der Waals surface area contributed by atoms with Crippen LogP contribution in [-0.2, 0) is 0 Å². The molecule has 2 heterocycles. The Bertz CT molecular complexity index is 1110. The van der Waals surface area contributed by atoms with Crippen LogP contribution in [0.15, 0.2) is 54.7 Å². The molecule has 0 radical (unpaired) electrons. The molecule has 2 amide bonds. The Hall–Kier alpha value is -3.41. The second-order valence-corrected chi connectivity index (χ2v) is 8.80. The summed E-state index contributed by atoms with van der Waals surface area (Å²) in [6, 6.07) is 15.8. The first-order valence-electron chi connectivity index (χ1n) is 11.2. The van der Waals surface area contributed by atoms with E-state index in [0.29, 0.717) is 37.3 Å². The van der Waals surface area contributed by atoms with Gasteiger partial charge in [0.2, 0.25) is 0 Å². The quantitative estimate of drug-likeness (QED) is 0.623. The maximum atomic E-state index is 13.4. The van der Waals surface area contributed by atoms with Crippen LogP contribution in [-0.4, -0.2) is 57.6 Å². The van der Waals surface area contributed by atoms with Gasteiger partial charge in [-0.3, -0.25) is 9.59 Å². The lowest BCUT2D eigenvalue weighted by Gasteiger charge is -2.35. The molecule has 0 aliphatic carbocycles. The number of carbonyl (C=O) groups is 2. The number of hydrogen-bond donors (Lipinski definition) is 0. The highest BCUT2D eigenvalue weighted by atomic mass is 16.2. The number of benzene rings is 2. The second kappa shape index (κ2) is 8.99. The third-order valence-corrected chi connectivity index (χ3v) is 6.01. The van der Waals surface area contributed by atoms with Crippen LogP contribution >= 0.6 is 0 Å². The number of hydrogen-bond acceptors (Lipinski definition) is 3. The van der Waals surface area contributed by atoms with E-state index in [9.17, 15) is 9.59 Å². The Labute approximate surface area is 189 Å². The Morgan fingerprint density at radius 1 is 0.781 bits per heavy atom. The highest BCUT2D eigenvalue weighted by molar-refractivity contribution is 5.96. The SMILES string of the molecule is Cc1ccc(C(=O)N2CCN(C(=O)c3cnn(-c4ccc(C)cc4)c3C(C)C)CC2)cc1. The van der Waals surface area contributed by atoms with E-state index in [1.54, 1.807) is 6.20 Å². The van der Waals surface area contributed by atoms with Crippen molar-refractivity contribution in [2.75, 3.05) is 26.2 Å². The lowest BCUT2D eigenvalue weighted by molar-refractivity contribution is 0.0534. The molecule has 6 heteroatoms. The predicted molar refractivity (Wildman–Crippen MR) is 125 cm³/mol. The first-order chi connectivity index (χ1) is 15.3. The molecule has 1 fully saturated rings. The summed E-state index contributed by atoms with van der Waals surface area (Å²) >= 11 is 0. The summed E-state index contributed by atoms with van der Waals surface area (Å²) in [5.74, 6) is 0.142. The van der Waals surface area contributed by atoms with E-state index in [1.165, 1.54) is 5.56 Å². The number of nitrogens with zero attached hydrogens (tertiary/aromatic N) is 4. The molecule has 4 rings (SSSR count). The van der Waals surface area contributed by atoms with Gasteiger partial charge in [-0.15, -0.1) is 0 Å². The Morgan fingerprint density at radius 2 is 1.28 bits per heavy atom. The molecule has 1 aliphatic heterocycles. The van der Waals surface area contributed by atoms with Gasteiger partial charge in [0, 0.05) is 31.7 Å². The van der Waals surface area contributed by atoms with E-state index < -0.39 is 0 Å². The van der Waals surface area contributed by atoms with Gasteiger partial charge in [-0.05, 0) is 44.0 Å². The molecule has 2 aromatic carbocycles. The summed E-state index contributed by atoms with van der Waals surface area (Å²) in [6.45, 7) is 10.3. The molecule has 0 spiro atoms. The molecule has 32 heavy (non-hydrogen) atoms. The van der Waals surface area contributed by atoms with Crippen LogP contribution in [0.25, 0.3) is 5.69 Å². The van der Waals surface area contributed by atoms with Crippen molar-refractivity contribution in [1.82, 2.24) is 19.6 Å². The minimum Gasteiger partial charge on any atom is -0.335 e. The van der Waals surface area contributed by atoms with E-state index in [1.807, 2.05) is 76.9 Å². The second-order valence-electron chi connectivity index (χ2n) is 8.80. The smallest absolute Gasteiger partial charge is 0.257 e. The molecular formula is C26H30N4O2. The number of aryl methyl sites for hydroxylation is 2. The highest BCUT2D eigenvalue weighted by Gasteiger charge is 2.29. The molecule has 166 valence electrons. The van der Waals surface area contributed by atoms with Crippen molar-refractivity contribution in [3.63, 3.8) is 0 Å².